The molecule has 2 atom stereocenters. The molecule has 12 heteroatoms. The van der Waals surface area contributed by atoms with Crippen LogP contribution in [0.3, 0.4) is 0 Å². The highest BCUT2D eigenvalue weighted by atomic mass is 19.3. The maximum atomic E-state index is 14.1. The Kier molecular flexibility index (Phi) is 9.09. The maximum absolute atomic E-state index is 14.1. The molecule has 3 fully saturated rings. The Morgan fingerprint density at radius 1 is 1.05 bits per heavy atom. The summed E-state index contributed by atoms with van der Waals surface area (Å²) in [5, 5.41) is 3.18. The van der Waals surface area contributed by atoms with Crippen LogP contribution in [0.5, 0.6) is 5.88 Å². The summed E-state index contributed by atoms with van der Waals surface area (Å²) in [6, 6.07) is 8.67. The molecule has 42 heavy (non-hydrogen) atoms. The largest absolute Gasteiger partial charge is 0.474 e. The van der Waals surface area contributed by atoms with Gasteiger partial charge in [0.2, 0.25) is 17.7 Å². The fourth-order valence-electron chi connectivity index (χ4n) is 6.21. The van der Waals surface area contributed by atoms with E-state index in [2.05, 4.69) is 20.2 Å². The number of anilines is 1. The van der Waals surface area contributed by atoms with Gasteiger partial charge in [-0.2, -0.15) is 9.97 Å². The van der Waals surface area contributed by atoms with Crippen LogP contribution < -0.4 is 15.0 Å². The molecular formula is C30H39F2N7O3. The molecule has 4 heterocycles. The number of hydrogen-bond donors (Lipinski definition) is 1. The number of morpholine rings is 1. The van der Waals surface area contributed by atoms with Crippen molar-refractivity contribution in [1.82, 2.24) is 29.7 Å². The molecule has 1 aromatic carbocycles. The lowest BCUT2D eigenvalue weighted by atomic mass is 10.1. The lowest BCUT2D eigenvalue weighted by Crippen LogP contribution is -2.37. The topological polar surface area (TPSA) is 97.6 Å². The van der Waals surface area contributed by atoms with Crippen LogP contribution in [-0.4, -0.2) is 88.4 Å². The Bertz CT molecular complexity index is 1360. The van der Waals surface area contributed by atoms with Crippen molar-refractivity contribution in [2.75, 3.05) is 50.8 Å². The Labute approximate surface area is 244 Å². The first-order valence-electron chi connectivity index (χ1n) is 15.2. The van der Waals surface area contributed by atoms with E-state index in [0.29, 0.717) is 62.0 Å². The van der Waals surface area contributed by atoms with Crippen LogP contribution in [0.2, 0.25) is 0 Å². The highest BCUT2D eigenvalue weighted by Crippen LogP contribution is 2.31. The van der Waals surface area contributed by atoms with Crippen LogP contribution in [-0.2, 0) is 9.53 Å². The quantitative estimate of drug-likeness (QED) is 0.378. The molecular weight excluding hydrogens is 544 g/mol. The zero-order chi connectivity index (χ0) is 28.9. The van der Waals surface area contributed by atoms with Crippen LogP contribution in [0.25, 0.3) is 16.9 Å². The first kappa shape index (κ1) is 28.7. The van der Waals surface area contributed by atoms with Crippen LogP contribution >= 0.6 is 0 Å². The Morgan fingerprint density at radius 3 is 2.67 bits per heavy atom. The average molecular weight is 584 g/mol. The Hall–Kier alpha value is -3.38. The highest BCUT2D eigenvalue weighted by molar-refractivity contribution is 5.78. The summed E-state index contributed by atoms with van der Waals surface area (Å²) in [5.74, 6) is 0.709. The number of nitrogens with zero attached hydrogens (tertiary/aromatic N) is 6. The lowest BCUT2D eigenvalue weighted by molar-refractivity contribution is -0.121. The summed E-state index contributed by atoms with van der Waals surface area (Å²) in [4.78, 5) is 30.6. The molecule has 0 spiro atoms. The van der Waals surface area contributed by atoms with Crippen molar-refractivity contribution >= 4 is 22.9 Å². The van der Waals surface area contributed by atoms with Crippen LogP contribution in [0.1, 0.15) is 63.6 Å². The first-order valence-corrected chi connectivity index (χ1v) is 15.2. The third-order valence-corrected chi connectivity index (χ3v) is 8.35. The number of carbonyl (C=O) groups excluding carboxylic acids is 1. The summed E-state index contributed by atoms with van der Waals surface area (Å²) >= 11 is 0. The van der Waals surface area contributed by atoms with Crippen molar-refractivity contribution in [1.29, 1.82) is 0 Å². The smallest absolute Gasteiger partial charge is 0.296 e. The molecule has 1 amide bonds. The van der Waals surface area contributed by atoms with E-state index in [1.807, 2.05) is 4.90 Å². The van der Waals surface area contributed by atoms with Gasteiger partial charge in [-0.3, -0.25) is 9.36 Å². The summed E-state index contributed by atoms with van der Waals surface area (Å²) in [6.45, 7) is 5.49. The minimum Gasteiger partial charge on any atom is -0.474 e. The number of hydrogen-bond acceptors (Lipinski definition) is 8. The molecule has 1 N–H and O–H groups in total. The van der Waals surface area contributed by atoms with E-state index in [9.17, 15) is 13.6 Å². The average Bonchev–Trinajstić information content (AvgIpc) is 3.62. The van der Waals surface area contributed by atoms with Gasteiger partial charge in [0, 0.05) is 38.0 Å². The molecule has 0 bridgehead atoms. The molecule has 2 aromatic heterocycles. The normalized spacial score (nSPS) is 21.7. The number of para-hydroxylation sites is 2. The van der Waals surface area contributed by atoms with Gasteiger partial charge < -0.3 is 24.6 Å². The molecule has 3 aliphatic rings. The van der Waals surface area contributed by atoms with Gasteiger partial charge in [0.05, 0.1) is 24.2 Å². The standard InChI is InChI=1S/C30H39F2N7O3/c31-28(32)29-34-23-7-2-3-8-24(23)39(29)25-20-27(36-30(35-25)38-15-17-41-18-16-38)42-22-11-10-21(19-22)33-26(40)9-6-14-37-12-4-1-5-13-37/h2-3,7-8,20-22,28H,1,4-6,9-19H2,(H,33,40)/t21-,22-/m0/s1. The number of nitrogens with one attached hydrogen (secondary N) is 1. The predicted octanol–water partition coefficient (Wildman–Crippen LogP) is 4.27. The summed E-state index contributed by atoms with van der Waals surface area (Å²) in [6.07, 6.45) is 4.52. The summed E-state index contributed by atoms with van der Waals surface area (Å²) in [5.41, 5.74) is 1.00. The minimum atomic E-state index is -2.79. The number of alkyl halides is 2. The van der Waals surface area contributed by atoms with Gasteiger partial charge in [-0.05, 0) is 63.9 Å². The monoisotopic (exact) mass is 583 g/mol. The molecule has 226 valence electrons. The molecule has 1 aliphatic carbocycles. The van der Waals surface area contributed by atoms with Gasteiger partial charge in [-0.25, -0.2) is 13.8 Å². The number of amides is 1. The number of piperidine rings is 1. The molecule has 0 radical (unpaired) electrons. The number of rotatable bonds is 10. The number of ether oxygens (including phenoxy) is 2. The lowest BCUT2D eigenvalue weighted by Gasteiger charge is -2.27. The van der Waals surface area contributed by atoms with Crippen LogP contribution in [0, 0.1) is 0 Å². The Morgan fingerprint density at radius 2 is 1.86 bits per heavy atom. The fourth-order valence-corrected chi connectivity index (χ4v) is 6.21. The van der Waals surface area contributed by atoms with Crippen molar-refractivity contribution in [2.45, 2.75) is 69.9 Å². The van der Waals surface area contributed by atoms with Gasteiger partial charge in [0.1, 0.15) is 11.9 Å². The molecule has 2 aliphatic heterocycles. The number of benzene rings is 1. The van der Waals surface area contributed by atoms with Crippen molar-refractivity contribution in [2.24, 2.45) is 0 Å². The number of halogens is 2. The van der Waals surface area contributed by atoms with E-state index in [1.54, 1.807) is 30.3 Å². The van der Waals surface area contributed by atoms with E-state index >= 15 is 0 Å². The summed E-state index contributed by atoms with van der Waals surface area (Å²) < 4.78 is 41.5. The SMILES string of the molecule is O=C(CCCN1CCCCC1)N[C@H]1CC[C@H](Oc2cc(-n3c(C(F)F)nc4ccccc43)nc(N3CCOCC3)n2)C1. The maximum Gasteiger partial charge on any atom is 0.296 e. The third kappa shape index (κ3) is 6.81. The number of fused-ring (bicyclic) bond motifs is 1. The zero-order valence-corrected chi connectivity index (χ0v) is 23.9. The van der Waals surface area contributed by atoms with Gasteiger partial charge in [0.25, 0.3) is 6.43 Å². The van der Waals surface area contributed by atoms with Crippen LogP contribution in [0.4, 0.5) is 14.7 Å². The number of imidazole rings is 1. The van der Waals surface area contributed by atoms with Crippen molar-refractivity contribution in [3.05, 3.63) is 36.2 Å². The summed E-state index contributed by atoms with van der Waals surface area (Å²) in [7, 11) is 0. The van der Waals surface area contributed by atoms with Crippen molar-refractivity contribution < 1.29 is 23.0 Å². The fraction of sp³-hybridized carbons (Fsp3) is 0.600. The van der Waals surface area contributed by atoms with E-state index in [4.69, 9.17) is 14.5 Å². The molecule has 0 unspecified atom stereocenters. The third-order valence-electron chi connectivity index (χ3n) is 8.35. The Balaban J connectivity index is 1.15. The molecule has 3 aromatic rings. The van der Waals surface area contributed by atoms with Gasteiger partial charge in [-0.1, -0.05) is 18.6 Å². The van der Waals surface area contributed by atoms with E-state index in [1.165, 1.54) is 23.8 Å². The highest BCUT2D eigenvalue weighted by Gasteiger charge is 2.29. The second kappa shape index (κ2) is 13.3. The molecule has 6 rings (SSSR count). The second-order valence-corrected chi connectivity index (χ2v) is 11.4. The number of aromatic nitrogens is 4. The van der Waals surface area contributed by atoms with Gasteiger partial charge in [-0.15, -0.1) is 0 Å². The van der Waals surface area contributed by atoms with Crippen LogP contribution in [0.15, 0.2) is 30.3 Å². The molecule has 2 saturated heterocycles. The molecule has 1 saturated carbocycles. The van der Waals surface area contributed by atoms with E-state index < -0.39 is 6.43 Å². The zero-order valence-electron chi connectivity index (χ0n) is 23.9. The van der Waals surface area contributed by atoms with Crippen molar-refractivity contribution in [3.8, 4) is 11.7 Å². The predicted molar refractivity (Wildman–Crippen MR) is 154 cm³/mol. The van der Waals surface area contributed by atoms with Gasteiger partial charge in [0.15, 0.2) is 5.82 Å². The van der Waals surface area contributed by atoms with Gasteiger partial charge >= 0.3 is 0 Å². The van der Waals surface area contributed by atoms with E-state index in [0.717, 1.165) is 38.9 Å². The number of likely N-dealkylation sites (tertiary alicyclic amines) is 1. The minimum absolute atomic E-state index is 0.0422. The van der Waals surface area contributed by atoms with E-state index in [-0.39, 0.29) is 29.7 Å². The molecule has 10 nitrogen and oxygen atoms in total. The second-order valence-electron chi connectivity index (χ2n) is 11.4. The number of carbonyl (C=O) groups is 1. The first-order chi connectivity index (χ1) is 20.5. The van der Waals surface area contributed by atoms with Crippen molar-refractivity contribution in [3.63, 3.8) is 0 Å².